The molecule has 2 N–H and O–H groups in total. The van der Waals surface area contributed by atoms with Crippen LogP contribution in [-0.4, -0.2) is 45.6 Å². The number of nitrogens with one attached hydrogen (secondary N) is 2. The number of imidazole rings is 1. The number of benzene rings is 1. The van der Waals surface area contributed by atoms with E-state index in [4.69, 9.17) is 0 Å². The zero-order valence-electron chi connectivity index (χ0n) is 22.8. The highest BCUT2D eigenvalue weighted by Crippen LogP contribution is 2.30. The van der Waals surface area contributed by atoms with E-state index < -0.39 is 23.7 Å². The number of carbonyl (C=O) groups excluding carboxylic acids is 1. The molecular formula is C27H40F2N6O2. The van der Waals surface area contributed by atoms with Crippen LogP contribution in [0.4, 0.5) is 14.6 Å². The molecule has 2 aromatic rings. The highest BCUT2D eigenvalue weighted by molar-refractivity contribution is 5.94. The van der Waals surface area contributed by atoms with Crippen LogP contribution in [0.25, 0.3) is 0 Å². The fourth-order valence-electron chi connectivity index (χ4n) is 4.79. The number of hydrogen-bond donors (Lipinski definition) is 2. The molecule has 0 bridgehead atoms. The minimum atomic E-state index is -0.829. The standard InChI is InChI=1S/C27H40F2N6O2/c1-7-8-23(35(33-37)20-10-9-18-11-19(28)12-22(29)21(18)13-20)25(36)32-24-14-34(17-31-24)27(5,6)16-30-15-26(2,3)4/h11-12,14,17,20,23,30H,7-10,13,15-16H2,1-6H3,(H,32,36)/t20-,23-/m0/s1. The van der Waals surface area contributed by atoms with Crippen molar-refractivity contribution in [1.29, 1.82) is 0 Å². The predicted molar refractivity (Wildman–Crippen MR) is 141 cm³/mol. The number of nitrogens with zero attached hydrogens (tertiary/aromatic N) is 4. The molecule has 1 aliphatic carbocycles. The van der Waals surface area contributed by atoms with Gasteiger partial charge in [0.2, 0.25) is 5.91 Å². The summed E-state index contributed by atoms with van der Waals surface area (Å²) in [6.07, 6.45) is 5.57. The van der Waals surface area contributed by atoms with E-state index in [1.165, 1.54) is 11.1 Å². The van der Waals surface area contributed by atoms with Crippen LogP contribution in [-0.2, 0) is 23.2 Å². The Morgan fingerprint density at radius 3 is 2.62 bits per heavy atom. The Balaban J connectivity index is 1.71. The lowest BCUT2D eigenvalue weighted by atomic mass is 9.86. The second-order valence-electron chi connectivity index (χ2n) is 11.8. The zero-order chi connectivity index (χ0) is 27.4. The summed E-state index contributed by atoms with van der Waals surface area (Å²) in [5, 5.41) is 10.8. The average Bonchev–Trinajstić information content (AvgIpc) is 3.27. The second kappa shape index (κ2) is 11.7. The molecule has 3 rings (SSSR count). The maximum Gasteiger partial charge on any atom is 0.250 e. The molecule has 1 amide bonds. The van der Waals surface area contributed by atoms with Crippen LogP contribution in [0.3, 0.4) is 0 Å². The van der Waals surface area contributed by atoms with Gasteiger partial charge in [0.05, 0.1) is 23.2 Å². The summed E-state index contributed by atoms with van der Waals surface area (Å²) in [5.41, 5.74) is 0.864. The van der Waals surface area contributed by atoms with Gasteiger partial charge in [0.15, 0.2) is 5.82 Å². The quantitative estimate of drug-likeness (QED) is 0.316. The van der Waals surface area contributed by atoms with Gasteiger partial charge in [0.1, 0.15) is 17.7 Å². The highest BCUT2D eigenvalue weighted by Gasteiger charge is 2.35. The third-order valence-electron chi connectivity index (χ3n) is 6.84. The third kappa shape index (κ3) is 7.34. The summed E-state index contributed by atoms with van der Waals surface area (Å²) in [6.45, 7) is 14.2. The smallest absolute Gasteiger partial charge is 0.250 e. The Morgan fingerprint density at radius 2 is 1.97 bits per heavy atom. The van der Waals surface area contributed by atoms with Gasteiger partial charge < -0.3 is 15.2 Å². The van der Waals surface area contributed by atoms with Gasteiger partial charge in [-0.3, -0.25) is 4.79 Å². The predicted octanol–water partition coefficient (Wildman–Crippen LogP) is 5.18. The molecule has 1 aliphatic rings. The Morgan fingerprint density at radius 1 is 1.24 bits per heavy atom. The van der Waals surface area contributed by atoms with Crippen molar-refractivity contribution >= 4 is 11.7 Å². The van der Waals surface area contributed by atoms with E-state index in [2.05, 4.69) is 55.5 Å². The summed E-state index contributed by atoms with van der Waals surface area (Å²) < 4.78 is 30.0. The first-order chi connectivity index (χ1) is 17.3. The van der Waals surface area contributed by atoms with Crippen LogP contribution < -0.4 is 10.6 Å². The first-order valence-electron chi connectivity index (χ1n) is 13.0. The molecule has 0 spiro atoms. The number of rotatable bonds is 11. The van der Waals surface area contributed by atoms with E-state index in [-0.39, 0.29) is 23.3 Å². The van der Waals surface area contributed by atoms with Gasteiger partial charge in [-0.05, 0) is 62.1 Å². The molecule has 1 aromatic carbocycles. The van der Waals surface area contributed by atoms with Crippen LogP contribution in [0.15, 0.2) is 29.9 Å². The van der Waals surface area contributed by atoms with Gasteiger partial charge >= 0.3 is 0 Å². The number of halogens is 2. The second-order valence-corrected chi connectivity index (χ2v) is 11.8. The van der Waals surface area contributed by atoms with E-state index in [9.17, 15) is 18.5 Å². The van der Waals surface area contributed by atoms with E-state index in [1.807, 2.05) is 11.5 Å². The normalized spacial score (nSPS) is 16.7. The molecule has 1 aromatic heterocycles. The Hall–Kier alpha value is -2.88. The third-order valence-corrected chi connectivity index (χ3v) is 6.84. The van der Waals surface area contributed by atoms with Crippen molar-refractivity contribution in [3.05, 3.63) is 52.3 Å². The molecule has 0 saturated carbocycles. The number of hydrogen-bond acceptors (Lipinski definition) is 5. The summed E-state index contributed by atoms with van der Waals surface area (Å²) in [5.74, 6) is -1.25. The first kappa shape index (κ1) is 28.7. The molecule has 204 valence electrons. The molecule has 0 unspecified atom stereocenters. The van der Waals surface area contributed by atoms with Crippen molar-refractivity contribution in [3.8, 4) is 0 Å². The molecule has 0 fully saturated rings. The fourth-order valence-corrected chi connectivity index (χ4v) is 4.79. The van der Waals surface area contributed by atoms with Crippen LogP contribution in [0.2, 0.25) is 0 Å². The van der Waals surface area contributed by atoms with Gasteiger partial charge in [-0.25, -0.2) is 18.8 Å². The number of aryl methyl sites for hydroxylation is 1. The van der Waals surface area contributed by atoms with Gasteiger partial charge in [-0.2, -0.15) is 0 Å². The lowest BCUT2D eigenvalue weighted by Crippen LogP contribution is -2.48. The maximum absolute atomic E-state index is 14.4. The summed E-state index contributed by atoms with van der Waals surface area (Å²) in [4.78, 5) is 29.6. The summed E-state index contributed by atoms with van der Waals surface area (Å²) in [6, 6.07) is 0.897. The number of aromatic nitrogens is 2. The van der Waals surface area contributed by atoms with Crippen LogP contribution in [0, 0.1) is 22.0 Å². The number of amides is 1. The van der Waals surface area contributed by atoms with Gasteiger partial charge in [-0.15, -0.1) is 4.91 Å². The first-order valence-corrected chi connectivity index (χ1v) is 13.0. The Kier molecular flexibility index (Phi) is 9.05. The molecule has 10 heteroatoms. The van der Waals surface area contributed by atoms with E-state index in [0.29, 0.717) is 42.6 Å². The average molecular weight is 519 g/mol. The van der Waals surface area contributed by atoms with Crippen molar-refractivity contribution in [1.82, 2.24) is 19.9 Å². The van der Waals surface area contributed by atoms with Crippen molar-refractivity contribution in [2.75, 3.05) is 18.4 Å². The number of carbonyl (C=O) groups is 1. The topological polar surface area (TPSA) is 91.6 Å². The van der Waals surface area contributed by atoms with E-state index >= 15 is 0 Å². The van der Waals surface area contributed by atoms with E-state index in [0.717, 1.165) is 19.2 Å². The molecule has 0 radical (unpaired) electrons. The monoisotopic (exact) mass is 518 g/mol. The number of anilines is 1. The maximum atomic E-state index is 14.4. The summed E-state index contributed by atoms with van der Waals surface area (Å²) in [7, 11) is 0. The van der Waals surface area contributed by atoms with Crippen molar-refractivity contribution in [3.63, 3.8) is 0 Å². The molecule has 0 saturated heterocycles. The molecule has 37 heavy (non-hydrogen) atoms. The lowest BCUT2D eigenvalue weighted by Gasteiger charge is -2.35. The minimum absolute atomic E-state index is 0.166. The Bertz CT molecular complexity index is 1100. The van der Waals surface area contributed by atoms with Gasteiger partial charge in [0.25, 0.3) is 0 Å². The molecule has 2 atom stereocenters. The number of fused-ring (bicyclic) bond motifs is 1. The molecule has 1 heterocycles. The minimum Gasteiger partial charge on any atom is -0.328 e. The van der Waals surface area contributed by atoms with Crippen molar-refractivity contribution in [2.24, 2.45) is 10.7 Å². The molecular weight excluding hydrogens is 478 g/mol. The molecule has 8 nitrogen and oxygen atoms in total. The highest BCUT2D eigenvalue weighted by atomic mass is 19.1. The zero-order valence-corrected chi connectivity index (χ0v) is 22.8. The summed E-state index contributed by atoms with van der Waals surface area (Å²) >= 11 is 0. The van der Waals surface area contributed by atoms with Gasteiger partial charge in [0, 0.05) is 25.4 Å². The van der Waals surface area contributed by atoms with Crippen molar-refractivity contribution < 1.29 is 13.6 Å². The van der Waals surface area contributed by atoms with E-state index in [1.54, 1.807) is 12.5 Å². The number of nitroso groups, excluding NO2 is 1. The van der Waals surface area contributed by atoms with Crippen molar-refractivity contribution in [2.45, 2.75) is 91.3 Å². The Labute approximate surface area is 218 Å². The fraction of sp³-hybridized carbons (Fsp3) is 0.630. The van der Waals surface area contributed by atoms with Crippen LogP contribution in [0.1, 0.15) is 71.9 Å². The SMILES string of the molecule is CCC[C@@H](C(=O)Nc1cn(C(C)(C)CNCC(C)(C)C)cn1)N(N=O)[C@H]1CCc2cc(F)cc(F)c2C1. The van der Waals surface area contributed by atoms with Crippen LogP contribution >= 0.6 is 0 Å². The lowest BCUT2D eigenvalue weighted by molar-refractivity contribution is -0.122. The van der Waals surface area contributed by atoms with Crippen LogP contribution in [0.5, 0.6) is 0 Å². The molecule has 0 aliphatic heterocycles. The largest absolute Gasteiger partial charge is 0.328 e. The van der Waals surface area contributed by atoms with Gasteiger partial charge in [-0.1, -0.05) is 34.1 Å².